The molecule has 0 atom stereocenters. The zero-order chi connectivity index (χ0) is 19.8. The van der Waals surface area contributed by atoms with Gasteiger partial charge in [-0.05, 0) is 61.4 Å². The number of amides is 2. The molecule has 2 aromatic carbocycles. The van der Waals surface area contributed by atoms with Crippen LogP contribution in [0, 0.1) is 0 Å². The standard InChI is InChI=1S/C22H24N4OS/c1-3-16(13-14-23-4-2)15-24-22(27)25-18-11-9-17(10-12-18)21-26-19-7-5-6-8-20(19)28-21/h5-14H,3-4,15H2,1-2H3,(H2,24,25,27)/b16-13+,23-14?. The molecule has 1 heterocycles. The lowest BCUT2D eigenvalue weighted by atomic mass is 10.2. The van der Waals surface area contributed by atoms with Crippen LogP contribution in [0.1, 0.15) is 20.3 Å². The molecule has 5 nitrogen and oxygen atoms in total. The number of hydrogen-bond acceptors (Lipinski definition) is 4. The van der Waals surface area contributed by atoms with Crippen molar-refractivity contribution in [3.8, 4) is 10.6 Å². The lowest BCUT2D eigenvalue weighted by molar-refractivity contribution is 0.253. The van der Waals surface area contributed by atoms with Gasteiger partial charge < -0.3 is 10.6 Å². The summed E-state index contributed by atoms with van der Waals surface area (Å²) in [5, 5.41) is 6.72. The van der Waals surface area contributed by atoms with Crippen molar-refractivity contribution in [2.75, 3.05) is 18.4 Å². The molecule has 0 saturated heterocycles. The van der Waals surface area contributed by atoms with E-state index in [-0.39, 0.29) is 6.03 Å². The molecule has 0 aliphatic rings. The molecular formula is C22H24N4OS. The Morgan fingerprint density at radius 3 is 2.64 bits per heavy atom. The molecule has 6 heteroatoms. The number of rotatable bonds is 7. The fourth-order valence-corrected chi connectivity index (χ4v) is 3.60. The van der Waals surface area contributed by atoms with E-state index in [9.17, 15) is 4.79 Å². The van der Waals surface area contributed by atoms with E-state index in [0.717, 1.165) is 40.3 Å². The number of nitrogens with zero attached hydrogens (tertiary/aromatic N) is 2. The molecule has 0 aliphatic heterocycles. The molecule has 1 aromatic heterocycles. The van der Waals surface area contributed by atoms with Gasteiger partial charge in [0.05, 0.1) is 10.2 Å². The van der Waals surface area contributed by atoms with Crippen molar-refractivity contribution in [1.29, 1.82) is 0 Å². The molecule has 0 fully saturated rings. The average molecular weight is 393 g/mol. The zero-order valence-corrected chi connectivity index (χ0v) is 16.9. The number of para-hydroxylation sites is 1. The third-order valence-corrected chi connectivity index (χ3v) is 5.30. The summed E-state index contributed by atoms with van der Waals surface area (Å²) in [7, 11) is 0. The van der Waals surface area contributed by atoms with Crippen molar-refractivity contribution in [2.24, 2.45) is 4.99 Å². The highest BCUT2D eigenvalue weighted by Crippen LogP contribution is 2.30. The van der Waals surface area contributed by atoms with E-state index < -0.39 is 0 Å². The van der Waals surface area contributed by atoms with E-state index in [1.54, 1.807) is 17.6 Å². The molecule has 0 unspecified atom stereocenters. The largest absolute Gasteiger partial charge is 0.334 e. The first kappa shape index (κ1) is 19.8. The number of aliphatic imine (C=N–C) groups is 1. The number of hydrogen-bond donors (Lipinski definition) is 2. The molecule has 144 valence electrons. The summed E-state index contributed by atoms with van der Waals surface area (Å²) >= 11 is 1.66. The van der Waals surface area contributed by atoms with Crippen LogP contribution in [0.2, 0.25) is 0 Å². The molecule has 3 aromatic rings. The molecule has 3 rings (SSSR count). The van der Waals surface area contributed by atoms with Crippen LogP contribution in [-0.4, -0.2) is 30.3 Å². The Balaban J connectivity index is 1.58. The van der Waals surface area contributed by atoms with Crippen LogP contribution in [0.5, 0.6) is 0 Å². The Labute approximate surface area is 169 Å². The fraction of sp³-hybridized carbons (Fsp3) is 0.227. The molecule has 2 N–H and O–H groups in total. The predicted molar refractivity (Wildman–Crippen MR) is 119 cm³/mol. The maximum absolute atomic E-state index is 12.1. The Bertz CT molecular complexity index is 956. The molecule has 28 heavy (non-hydrogen) atoms. The van der Waals surface area contributed by atoms with E-state index in [4.69, 9.17) is 0 Å². The van der Waals surface area contributed by atoms with Crippen molar-refractivity contribution >= 4 is 39.5 Å². The molecule has 2 amide bonds. The van der Waals surface area contributed by atoms with E-state index >= 15 is 0 Å². The second-order valence-electron chi connectivity index (χ2n) is 6.20. The molecule has 0 saturated carbocycles. The van der Waals surface area contributed by atoms with Gasteiger partial charge in [0.25, 0.3) is 0 Å². The summed E-state index contributed by atoms with van der Waals surface area (Å²) in [4.78, 5) is 21.0. The number of urea groups is 1. The highest BCUT2D eigenvalue weighted by molar-refractivity contribution is 7.21. The zero-order valence-electron chi connectivity index (χ0n) is 16.1. The van der Waals surface area contributed by atoms with E-state index in [0.29, 0.717) is 6.54 Å². The Morgan fingerprint density at radius 1 is 1.14 bits per heavy atom. The van der Waals surface area contributed by atoms with E-state index in [1.807, 2.05) is 55.5 Å². The molecule has 0 bridgehead atoms. The summed E-state index contributed by atoms with van der Waals surface area (Å²) in [5.41, 5.74) is 3.92. The number of benzene rings is 2. The Morgan fingerprint density at radius 2 is 1.93 bits per heavy atom. The summed E-state index contributed by atoms with van der Waals surface area (Å²) in [6.07, 6.45) is 4.61. The number of allylic oxidation sites excluding steroid dienone is 1. The molecule has 0 aliphatic carbocycles. The first-order valence-corrected chi connectivity index (χ1v) is 10.2. The van der Waals surface area contributed by atoms with Crippen molar-refractivity contribution in [3.63, 3.8) is 0 Å². The number of anilines is 1. The topological polar surface area (TPSA) is 66.4 Å². The minimum absolute atomic E-state index is 0.223. The maximum atomic E-state index is 12.1. The van der Waals surface area contributed by atoms with E-state index in [2.05, 4.69) is 33.6 Å². The van der Waals surface area contributed by atoms with Crippen LogP contribution in [-0.2, 0) is 0 Å². The van der Waals surface area contributed by atoms with Gasteiger partial charge in [0.15, 0.2) is 0 Å². The van der Waals surface area contributed by atoms with Crippen LogP contribution in [0.3, 0.4) is 0 Å². The quantitative estimate of drug-likeness (QED) is 0.521. The predicted octanol–water partition coefficient (Wildman–Crippen LogP) is 5.51. The fourth-order valence-electron chi connectivity index (χ4n) is 2.63. The monoisotopic (exact) mass is 392 g/mol. The van der Waals surface area contributed by atoms with E-state index in [1.165, 1.54) is 4.70 Å². The Hall–Kier alpha value is -2.99. The molecule has 0 spiro atoms. The van der Waals surface area contributed by atoms with Crippen molar-refractivity contribution in [2.45, 2.75) is 20.3 Å². The number of carbonyl (C=O) groups is 1. The van der Waals surface area contributed by atoms with Gasteiger partial charge in [-0.2, -0.15) is 0 Å². The number of carbonyl (C=O) groups excluding carboxylic acids is 1. The SMILES string of the molecule is CCN=C/C=C(\CC)CNC(=O)Nc1ccc(-c2nc3ccccc3s2)cc1. The molecular weight excluding hydrogens is 368 g/mol. The summed E-state index contributed by atoms with van der Waals surface area (Å²) in [5.74, 6) is 0. The summed E-state index contributed by atoms with van der Waals surface area (Å²) < 4.78 is 1.17. The third-order valence-electron chi connectivity index (χ3n) is 4.21. The van der Waals surface area contributed by atoms with Crippen LogP contribution >= 0.6 is 11.3 Å². The highest BCUT2D eigenvalue weighted by Gasteiger charge is 2.07. The van der Waals surface area contributed by atoms with Crippen LogP contribution in [0.4, 0.5) is 10.5 Å². The van der Waals surface area contributed by atoms with Gasteiger partial charge in [-0.1, -0.05) is 19.1 Å². The number of aromatic nitrogens is 1. The Kier molecular flexibility index (Phi) is 6.92. The van der Waals surface area contributed by atoms with Gasteiger partial charge in [0.1, 0.15) is 5.01 Å². The lowest BCUT2D eigenvalue weighted by Gasteiger charge is -2.09. The van der Waals surface area contributed by atoms with Crippen molar-refractivity contribution in [3.05, 3.63) is 60.2 Å². The first-order valence-electron chi connectivity index (χ1n) is 9.38. The van der Waals surface area contributed by atoms with Gasteiger partial charge in [-0.15, -0.1) is 11.3 Å². The smallest absolute Gasteiger partial charge is 0.319 e. The van der Waals surface area contributed by atoms with Crippen LogP contribution in [0.25, 0.3) is 20.8 Å². The van der Waals surface area contributed by atoms with Gasteiger partial charge in [0.2, 0.25) is 0 Å². The number of fused-ring (bicyclic) bond motifs is 1. The molecule has 0 radical (unpaired) electrons. The second kappa shape index (κ2) is 9.80. The normalized spacial score (nSPS) is 11.9. The van der Waals surface area contributed by atoms with Gasteiger partial charge in [0, 0.05) is 30.6 Å². The second-order valence-corrected chi connectivity index (χ2v) is 7.23. The minimum atomic E-state index is -0.223. The highest BCUT2D eigenvalue weighted by atomic mass is 32.1. The van der Waals surface area contributed by atoms with Gasteiger partial charge >= 0.3 is 6.03 Å². The van der Waals surface area contributed by atoms with Crippen molar-refractivity contribution < 1.29 is 4.79 Å². The first-order chi connectivity index (χ1) is 13.7. The van der Waals surface area contributed by atoms with Gasteiger partial charge in [-0.3, -0.25) is 4.99 Å². The summed E-state index contributed by atoms with van der Waals surface area (Å²) in [6, 6.07) is 15.6. The lowest BCUT2D eigenvalue weighted by Crippen LogP contribution is -2.30. The van der Waals surface area contributed by atoms with Crippen molar-refractivity contribution in [1.82, 2.24) is 10.3 Å². The van der Waals surface area contributed by atoms with Crippen LogP contribution in [0.15, 0.2) is 65.2 Å². The minimum Gasteiger partial charge on any atom is -0.334 e. The number of nitrogens with one attached hydrogen (secondary N) is 2. The summed E-state index contributed by atoms with van der Waals surface area (Å²) in [6.45, 7) is 5.31. The maximum Gasteiger partial charge on any atom is 0.319 e. The van der Waals surface area contributed by atoms with Crippen LogP contribution < -0.4 is 10.6 Å². The average Bonchev–Trinajstić information content (AvgIpc) is 3.15. The third kappa shape index (κ3) is 5.27. The number of thiazole rings is 1. The van der Waals surface area contributed by atoms with Gasteiger partial charge in [-0.25, -0.2) is 9.78 Å².